The minimum absolute atomic E-state index is 0.211. The van der Waals surface area contributed by atoms with Gasteiger partial charge in [-0.2, -0.15) is 0 Å². The molecule has 1 unspecified atom stereocenters. The van der Waals surface area contributed by atoms with Gasteiger partial charge in [0, 0.05) is 13.2 Å². The van der Waals surface area contributed by atoms with Gasteiger partial charge in [0.1, 0.15) is 6.61 Å². The first-order valence-electron chi connectivity index (χ1n) is 6.08. The quantitative estimate of drug-likeness (QED) is 0.832. The van der Waals surface area contributed by atoms with Crippen LogP contribution in [0.2, 0.25) is 0 Å². The van der Waals surface area contributed by atoms with Gasteiger partial charge in [-0.05, 0) is 26.3 Å². The lowest BCUT2D eigenvalue weighted by atomic mass is 10.1. The van der Waals surface area contributed by atoms with E-state index in [4.69, 9.17) is 9.47 Å². The lowest BCUT2D eigenvalue weighted by molar-refractivity contribution is -0.0120. The highest BCUT2D eigenvalue weighted by Crippen LogP contribution is 2.14. The zero-order valence-corrected chi connectivity index (χ0v) is 10.2. The van der Waals surface area contributed by atoms with Crippen molar-refractivity contribution < 1.29 is 9.47 Å². The molecule has 0 bridgehead atoms. The van der Waals surface area contributed by atoms with Crippen LogP contribution in [0, 0.1) is 0 Å². The van der Waals surface area contributed by atoms with Crippen LogP contribution in [0.15, 0.2) is 12.4 Å². The predicted molar refractivity (Wildman–Crippen MR) is 63.9 cm³/mol. The number of rotatable bonds is 5. The van der Waals surface area contributed by atoms with Crippen LogP contribution in [-0.4, -0.2) is 36.3 Å². The van der Waals surface area contributed by atoms with Crippen molar-refractivity contribution in [2.45, 2.75) is 31.9 Å². The van der Waals surface area contributed by atoms with Crippen LogP contribution in [0.3, 0.4) is 0 Å². The molecule has 2 heterocycles. The molecular formula is C12H19N3O2. The summed E-state index contributed by atoms with van der Waals surface area (Å²) in [5, 5.41) is 3.02. The molecule has 0 aromatic carbocycles. The molecular weight excluding hydrogens is 218 g/mol. The zero-order valence-electron chi connectivity index (χ0n) is 10.2. The molecule has 5 heteroatoms. The maximum absolute atomic E-state index is 5.58. The highest BCUT2D eigenvalue weighted by atomic mass is 16.5. The van der Waals surface area contributed by atoms with Crippen molar-refractivity contribution >= 4 is 0 Å². The molecule has 2 rings (SSSR count). The van der Waals surface area contributed by atoms with Crippen LogP contribution in [0.25, 0.3) is 0 Å². The number of nitrogens with zero attached hydrogens (tertiary/aromatic N) is 2. The summed E-state index contributed by atoms with van der Waals surface area (Å²) >= 11 is 0. The third kappa shape index (κ3) is 3.94. The molecule has 0 radical (unpaired) electrons. The second-order valence-electron chi connectivity index (χ2n) is 4.18. The van der Waals surface area contributed by atoms with Crippen LogP contribution in [0.5, 0.6) is 5.88 Å². The van der Waals surface area contributed by atoms with Crippen LogP contribution in [0.4, 0.5) is 0 Å². The lowest BCUT2D eigenvalue weighted by Gasteiger charge is -2.22. The Hall–Kier alpha value is -1.20. The first kappa shape index (κ1) is 12.3. The molecule has 94 valence electrons. The van der Waals surface area contributed by atoms with Gasteiger partial charge in [0.2, 0.25) is 5.88 Å². The Morgan fingerprint density at radius 1 is 1.41 bits per heavy atom. The summed E-state index contributed by atoms with van der Waals surface area (Å²) < 4.78 is 11.1. The van der Waals surface area contributed by atoms with Gasteiger partial charge in [-0.3, -0.25) is 4.98 Å². The fourth-order valence-electron chi connectivity index (χ4n) is 1.81. The molecule has 1 aliphatic heterocycles. The largest absolute Gasteiger partial charge is 0.474 e. The second-order valence-corrected chi connectivity index (χ2v) is 4.18. The van der Waals surface area contributed by atoms with Crippen LogP contribution < -0.4 is 10.1 Å². The van der Waals surface area contributed by atoms with Crippen molar-refractivity contribution in [1.29, 1.82) is 0 Å². The fourth-order valence-corrected chi connectivity index (χ4v) is 1.81. The summed E-state index contributed by atoms with van der Waals surface area (Å²) in [6.07, 6.45) is 7.06. The smallest absolute Gasteiger partial charge is 0.232 e. The van der Waals surface area contributed by atoms with Gasteiger partial charge in [-0.25, -0.2) is 4.98 Å². The standard InChI is InChI=1S/C12H19N3O2/c1-13-6-10-7-15-12(8-14-10)17-9-11-4-2-3-5-16-11/h7-8,11,13H,2-6,9H2,1H3. The van der Waals surface area contributed by atoms with Gasteiger partial charge in [0.05, 0.1) is 24.2 Å². The number of hydrogen-bond donors (Lipinski definition) is 1. The molecule has 1 fully saturated rings. The Labute approximate surface area is 102 Å². The summed E-state index contributed by atoms with van der Waals surface area (Å²) in [7, 11) is 1.88. The van der Waals surface area contributed by atoms with E-state index < -0.39 is 0 Å². The third-order valence-corrected chi connectivity index (χ3v) is 2.73. The molecule has 1 saturated heterocycles. The summed E-state index contributed by atoms with van der Waals surface area (Å²) in [6.45, 7) is 2.14. The van der Waals surface area contributed by atoms with Crippen LogP contribution in [0.1, 0.15) is 25.0 Å². The van der Waals surface area contributed by atoms with Gasteiger partial charge >= 0.3 is 0 Å². The van der Waals surface area contributed by atoms with E-state index in [-0.39, 0.29) is 6.10 Å². The van der Waals surface area contributed by atoms with E-state index in [2.05, 4.69) is 15.3 Å². The van der Waals surface area contributed by atoms with E-state index in [1.807, 2.05) is 7.05 Å². The zero-order chi connectivity index (χ0) is 11.9. The number of ether oxygens (including phenoxy) is 2. The van der Waals surface area contributed by atoms with E-state index in [1.165, 1.54) is 6.42 Å². The van der Waals surface area contributed by atoms with E-state index in [0.29, 0.717) is 12.5 Å². The molecule has 0 spiro atoms. The predicted octanol–water partition coefficient (Wildman–Crippen LogP) is 1.14. The number of aromatic nitrogens is 2. The maximum atomic E-state index is 5.58. The van der Waals surface area contributed by atoms with Gasteiger partial charge in [0.25, 0.3) is 0 Å². The molecule has 1 atom stereocenters. The van der Waals surface area contributed by atoms with E-state index in [1.54, 1.807) is 12.4 Å². The molecule has 17 heavy (non-hydrogen) atoms. The average molecular weight is 237 g/mol. The normalized spacial score (nSPS) is 20.2. The average Bonchev–Trinajstić information content (AvgIpc) is 2.40. The van der Waals surface area contributed by atoms with Crippen molar-refractivity contribution in [3.05, 3.63) is 18.1 Å². The Bertz CT molecular complexity index is 323. The Kier molecular flexibility index (Phi) is 4.70. The van der Waals surface area contributed by atoms with Gasteiger partial charge < -0.3 is 14.8 Å². The van der Waals surface area contributed by atoms with E-state index in [9.17, 15) is 0 Å². The Morgan fingerprint density at radius 3 is 3.00 bits per heavy atom. The first-order chi connectivity index (χ1) is 8.38. The fraction of sp³-hybridized carbons (Fsp3) is 0.667. The molecule has 1 N–H and O–H groups in total. The molecule has 0 saturated carbocycles. The monoisotopic (exact) mass is 237 g/mol. The summed E-state index contributed by atoms with van der Waals surface area (Å²) in [5.74, 6) is 0.569. The van der Waals surface area contributed by atoms with Crippen molar-refractivity contribution in [2.75, 3.05) is 20.3 Å². The van der Waals surface area contributed by atoms with E-state index in [0.717, 1.165) is 31.7 Å². The van der Waals surface area contributed by atoms with Gasteiger partial charge in [0.15, 0.2) is 0 Å². The number of hydrogen-bond acceptors (Lipinski definition) is 5. The minimum Gasteiger partial charge on any atom is -0.474 e. The summed E-state index contributed by atoms with van der Waals surface area (Å²) in [4.78, 5) is 8.44. The van der Waals surface area contributed by atoms with Gasteiger partial charge in [-0.15, -0.1) is 0 Å². The maximum Gasteiger partial charge on any atom is 0.232 e. The Balaban J connectivity index is 1.77. The highest BCUT2D eigenvalue weighted by molar-refractivity contribution is 5.07. The van der Waals surface area contributed by atoms with Crippen LogP contribution >= 0.6 is 0 Å². The topological polar surface area (TPSA) is 56.3 Å². The van der Waals surface area contributed by atoms with Gasteiger partial charge in [-0.1, -0.05) is 0 Å². The van der Waals surface area contributed by atoms with Crippen molar-refractivity contribution in [3.8, 4) is 5.88 Å². The van der Waals surface area contributed by atoms with Crippen molar-refractivity contribution in [3.63, 3.8) is 0 Å². The number of nitrogens with one attached hydrogen (secondary N) is 1. The summed E-state index contributed by atoms with van der Waals surface area (Å²) in [5.41, 5.74) is 0.911. The third-order valence-electron chi connectivity index (χ3n) is 2.73. The van der Waals surface area contributed by atoms with E-state index >= 15 is 0 Å². The van der Waals surface area contributed by atoms with Crippen LogP contribution in [-0.2, 0) is 11.3 Å². The molecule has 0 aliphatic carbocycles. The molecule has 1 aromatic rings. The molecule has 1 aliphatic rings. The minimum atomic E-state index is 0.211. The molecule has 5 nitrogen and oxygen atoms in total. The molecule has 1 aromatic heterocycles. The van der Waals surface area contributed by atoms with Crippen molar-refractivity contribution in [1.82, 2.24) is 15.3 Å². The Morgan fingerprint density at radius 2 is 2.35 bits per heavy atom. The first-order valence-corrected chi connectivity index (χ1v) is 6.08. The van der Waals surface area contributed by atoms with Crippen molar-refractivity contribution in [2.24, 2.45) is 0 Å². The lowest BCUT2D eigenvalue weighted by Crippen LogP contribution is -2.26. The summed E-state index contributed by atoms with van der Waals surface area (Å²) in [6, 6.07) is 0. The SMILES string of the molecule is CNCc1cnc(OCC2CCCCO2)cn1. The highest BCUT2D eigenvalue weighted by Gasteiger charge is 2.14. The second kappa shape index (κ2) is 6.51. The molecule has 0 amide bonds.